The first-order valence-corrected chi connectivity index (χ1v) is 3.31. The highest BCUT2D eigenvalue weighted by atomic mass is 32.2. The molecule has 0 fully saturated rings. The van der Waals surface area contributed by atoms with Gasteiger partial charge in [0.1, 0.15) is 6.67 Å². The van der Waals surface area contributed by atoms with Crippen molar-refractivity contribution >= 4 is 10.0 Å². The van der Waals surface area contributed by atoms with Gasteiger partial charge in [0.15, 0.2) is 0 Å². The van der Waals surface area contributed by atoms with E-state index >= 15 is 0 Å². The standard InChI is InChI=1S/C2H5F2NO2S/c3-1-2(4)8(5,6)7/h2H,1H2,(H2,5,6,7). The predicted molar refractivity (Wildman–Crippen MR) is 24.0 cm³/mol. The van der Waals surface area contributed by atoms with Crippen LogP contribution in [0.25, 0.3) is 0 Å². The van der Waals surface area contributed by atoms with Gasteiger partial charge < -0.3 is 0 Å². The van der Waals surface area contributed by atoms with E-state index in [1.807, 2.05) is 0 Å². The van der Waals surface area contributed by atoms with Crippen molar-refractivity contribution in [2.75, 3.05) is 6.67 Å². The number of alkyl halides is 2. The smallest absolute Gasteiger partial charge is 0.244 e. The second-order valence-electron chi connectivity index (χ2n) is 1.15. The van der Waals surface area contributed by atoms with Crippen LogP contribution in [-0.2, 0) is 10.0 Å². The van der Waals surface area contributed by atoms with Crippen LogP contribution in [-0.4, -0.2) is 20.6 Å². The number of hydrogen-bond acceptors (Lipinski definition) is 2. The molecule has 0 aromatic rings. The fraction of sp³-hybridized carbons (Fsp3) is 1.00. The van der Waals surface area contributed by atoms with Crippen LogP contribution in [0.5, 0.6) is 0 Å². The molecule has 1 atom stereocenters. The van der Waals surface area contributed by atoms with Gasteiger partial charge in [-0.15, -0.1) is 0 Å². The van der Waals surface area contributed by atoms with Crippen molar-refractivity contribution in [3.8, 4) is 0 Å². The maximum absolute atomic E-state index is 11.6. The van der Waals surface area contributed by atoms with E-state index in [1.165, 1.54) is 0 Å². The molecule has 1 unspecified atom stereocenters. The van der Waals surface area contributed by atoms with Crippen molar-refractivity contribution in [3.63, 3.8) is 0 Å². The molecule has 0 aromatic carbocycles. The normalized spacial score (nSPS) is 15.9. The first kappa shape index (κ1) is 7.77. The molecule has 0 bridgehead atoms. The van der Waals surface area contributed by atoms with Crippen molar-refractivity contribution in [2.24, 2.45) is 5.14 Å². The van der Waals surface area contributed by atoms with Crippen LogP contribution in [0, 0.1) is 0 Å². The Labute approximate surface area is 45.5 Å². The Balaban J connectivity index is 4.04. The van der Waals surface area contributed by atoms with Gasteiger partial charge in [0.05, 0.1) is 0 Å². The first-order valence-electron chi connectivity index (χ1n) is 1.70. The Bertz CT molecular complexity index is 153. The lowest BCUT2D eigenvalue weighted by atomic mass is 10.9. The topological polar surface area (TPSA) is 60.2 Å². The summed E-state index contributed by atoms with van der Waals surface area (Å²) >= 11 is 0. The fourth-order valence-electron chi connectivity index (χ4n) is 0.0878. The summed E-state index contributed by atoms with van der Waals surface area (Å²) in [5, 5.41) is 4.15. The zero-order valence-electron chi connectivity index (χ0n) is 3.84. The summed E-state index contributed by atoms with van der Waals surface area (Å²) in [7, 11) is -4.29. The molecular formula is C2H5F2NO2S. The van der Waals surface area contributed by atoms with Gasteiger partial charge in [0.25, 0.3) is 0 Å². The molecule has 50 valence electrons. The molecule has 0 rings (SSSR count). The second kappa shape index (κ2) is 2.36. The molecule has 0 radical (unpaired) electrons. The van der Waals surface area contributed by atoms with Gasteiger partial charge in [-0.1, -0.05) is 0 Å². The molecule has 0 aliphatic heterocycles. The average Bonchev–Trinajstić information content (AvgIpc) is 1.62. The zero-order valence-corrected chi connectivity index (χ0v) is 4.66. The Morgan fingerprint density at radius 1 is 1.62 bits per heavy atom. The minimum Gasteiger partial charge on any atom is -0.247 e. The highest BCUT2D eigenvalue weighted by molar-refractivity contribution is 7.89. The minimum absolute atomic E-state index is 1.58. The molecular weight excluding hydrogens is 140 g/mol. The van der Waals surface area contributed by atoms with E-state index in [0.717, 1.165) is 0 Å². The highest BCUT2D eigenvalue weighted by Crippen LogP contribution is 1.96. The highest BCUT2D eigenvalue weighted by Gasteiger charge is 2.18. The van der Waals surface area contributed by atoms with E-state index in [2.05, 4.69) is 5.14 Å². The summed E-state index contributed by atoms with van der Waals surface area (Å²) in [5.41, 5.74) is -2.57. The van der Waals surface area contributed by atoms with Gasteiger partial charge in [0, 0.05) is 0 Å². The monoisotopic (exact) mass is 145 g/mol. The van der Waals surface area contributed by atoms with Gasteiger partial charge in [-0.2, -0.15) is 0 Å². The Kier molecular flexibility index (Phi) is 2.29. The van der Waals surface area contributed by atoms with E-state index in [1.54, 1.807) is 0 Å². The van der Waals surface area contributed by atoms with Crippen LogP contribution in [0.4, 0.5) is 8.78 Å². The van der Waals surface area contributed by atoms with Crippen molar-refractivity contribution in [1.82, 2.24) is 0 Å². The molecule has 0 saturated carbocycles. The summed E-state index contributed by atoms with van der Waals surface area (Å²) in [4.78, 5) is 0. The lowest BCUT2D eigenvalue weighted by molar-refractivity contribution is 0.331. The number of sulfonamides is 1. The molecule has 6 heteroatoms. The Morgan fingerprint density at radius 3 is 2.00 bits per heavy atom. The van der Waals surface area contributed by atoms with Crippen LogP contribution < -0.4 is 5.14 Å². The van der Waals surface area contributed by atoms with Crippen LogP contribution in [0.15, 0.2) is 0 Å². The molecule has 3 nitrogen and oxygen atoms in total. The maximum atomic E-state index is 11.6. The van der Waals surface area contributed by atoms with E-state index < -0.39 is 22.2 Å². The molecule has 0 heterocycles. The lowest BCUT2D eigenvalue weighted by Gasteiger charge is -1.95. The van der Waals surface area contributed by atoms with Gasteiger partial charge >= 0.3 is 0 Å². The van der Waals surface area contributed by atoms with Gasteiger partial charge in [-0.25, -0.2) is 22.3 Å². The van der Waals surface area contributed by atoms with Crippen LogP contribution >= 0.6 is 0 Å². The fourth-order valence-corrected chi connectivity index (χ4v) is 0.263. The third-order valence-electron chi connectivity index (χ3n) is 0.478. The number of halogens is 2. The molecule has 0 amide bonds. The molecule has 0 aliphatic carbocycles. The molecule has 8 heavy (non-hydrogen) atoms. The maximum Gasteiger partial charge on any atom is 0.244 e. The summed E-state index contributed by atoms with van der Waals surface area (Å²) < 4.78 is 42.0. The van der Waals surface area contributed by atoms with Gasteiger partial charge in [-0.3, -0.25) is 0 Å². The van der Waals surface area contributed by atoms with E-state index in [4.69, 9.17) is 0 Å². The number of nitrogens with two attached hydrogens (primary N) is 1. The number of rotatable bonds is 2. The SMILES string of the molecule is NS(=O)(=O)C(F)CF. The summed E-state index contributed by atoms with van der Waals surface area (Å²) in [5.74, 6) is 0. The Morgan fingerprint density at radius 2 is 2.00 bits per heavy atom. The summed E-state index contributed by atoms with van der Waals surface area (Å²) in [6.45, 7) is -1.58. The molecule has 0 saturated heterocycles. The molecule has 2 N–H and O–H groups in total. The van der Waals surface area contributed by atoms with Crippen LogP contribution in [0.3, 0.4) is 0 Å². The van der Waals surface area contributed by atoms with Crippen molar-refractivity contribution < 1.29 is 17.2 Å². The van der Waals surface area contributed by atoms with Crippen molar-refractivity contribution in [2.45, 2.75) is 5.50 Å². The van der Waals surface area contributed by atoms with Crippen LogP contribution in [0.2, 0.25) is 0 Å². The lowest BCUT2D eigenvalue weighted by Crippen LogP contribution is -2.25. The van der Waals surface area contributed by atoms with E-state index in [9.17, 15) is 17.2 Å². The van der Waals surface area contributed by atoms with E-state index in [0.29, 0.717) is 0 Å². The van der Waals surface area contributed by atoms with Crippen LogP contribution in [0.1, 0.15) is 0 Å². The second-order valence-corrected chi connectivity index (χ2v) is 2.84. The number of hydrogen-bond donors (Lipinski definition) is 1. The van der Waals surface area contributed by atoms with Gasteiger partial charge in [0.2, 0.25) is 15.5 Å². The first-order chi connectivity index (χ1) is 3.48. The van der Waals surface area contributed by atoms with Gasteiger partial charge in [-0.05, 0) is 0 Å². The average molecular weight is 145 g/mol. The largest absolute Gasteiger partial charge is 0.247 e. The predicted octanol–water partition coefficient (Wildman–Crippen LogP) is -0.460. The van der Waals surface area contributed by atoms with Crippen molar-refractivity contribution in [3.05, 3.63) is 0 Å². The van der Waals surface area contributed by atoms with Crippen molar-refractivity contribution in [1.29, 1.82) is 0 Å². The third kappa shape index (κ3) is 2.17. The van der Waals surface area contributed by atoms with E-state index in [-0.39, 0.29) is 0 Å². The molecule has 0 aromatic heterocycles. The number of primary sulfonamides is 1. The Hall–Kier alpha value is -0.230. The molecule has 0 aliphatic rings. The zero-order chi connectivity index (χ0) is 6.78. The minimum atomic E-state index is -4.29. The quantitative estimate of drug-likeness (QED) is 0.571. The third-order valence-corrected chi connectivity index (χ3v) is 1.32. The summed E-state index contributed by atoms with van der Waals surface area (Å²) in [6.07, 6.45) is 0. The summed E-state index contributed by atoms with van der Waals surface area (Å²) in [6, 6.07) is 0. The molecule has 0 spiro atoms.